The van der Waals surface area contributed by atoms with Gasteiger partial charge in [-0.05, 0) is 17.5 Å². The fraction of sp³-hybridized carbons (Fsp3) is 0.471. The number of ketones is 2. The van der Waals surface area contributed by atoms with Gasteiger partial charge in [0.2, 0.25) is 0 Å². The summed E-state index contributed by atoms with van der Waals surface area (Å²) in [7, 11) is 2.84. The molecular weight excluding hydrogens is 318 g/mol. The van der Waals surface area contributed by atoms with Crippen LogP contribution in [0.15, 0.2) is 12.1 Å². The molecule has 1 atom stereocenters. The Morgan fingerprint density at radius 1 is 1.26 bits per heavy atom. The molecule has 0 amide bonds. The van der Waals surface area contributed by atoms with Crippen LogP contribution in [0.1, 0.15) is 37.6 Å². The van der Waals surface area contributed by atoms with Crippen molar-refractivity contribution in [2.45, 2.75) is 27.2 Å². The molecule has 0 saturated heterocycles. The van der Waals surface area contributed by atoms with E-state index in [-0.39, 0.29) is 28.2 Å². The molecule has 5 nitrogen and oxygen atoms in total. The summed E-state index contributed by atoms with van der Waals surface area (Å²) in [5.74, 6) is -1.80. The van der Waals surface area contributed by atoms with Gasteiger partial charge in [0.15, 0.2) is 29.0 Å². The number of halogens is 1. The van der Waals surface area contributed by atoms with Gasteiger partial charge in [0.25, 0.3) is 0 Å². The third kappa shape index (κ3) is 4.70. The predicted octanol–water partition coefficient (Wildman–Crippen LogP) is 3.68. The standard InChI is InChI=1S/C17H20ClNO4/c1-17(2,3)8-13(20)11(9-19)15(21)10-6-12(18)16(23-5)14(7-10)22-4/h6-7,11H,8H2,1-5H3. The summed E-state index contributed by atoms with van der Waals surface area (Å²) in [6.45, 7) is 5.62. The molecule has 0 aliphatic heterocycles. The Labute approximate surface area is 141 Å². The van der Waals surface area contributed by atoms with Gasteiger partial charge in [0, 0.05) is 12.0 Å². The maximum atomic E-state index is 12.5. The number of nitriles is 1. The predicted molar refractivity (Wildman–Crippen MR) is 87.1 cm³/mol. The van der Waals surface area contributed by atoms with Crippen molar-refractivity contribution >= 4 is 23.2 Å². The molecule has 124 valence electrons. The van der Waals surface area contributed by atoms with Crippen molar-refractivity contribution < 1.29 is 19.1 Å². The van der Waals surface area contributed by atoms with Crippen LogP contribution in [0.25, 0.3) is 0 Å². The van der Waals surface area contributed by atoms with Crippen LogP contribution < -0.4 is 9.47 Å². The topological polar surface area (TPSA) is 76.4 Å². The van der Waals surface area contributed by atoms with Crippen LogP contribution in [0.2, 0.25) is 5.02 Å². The fourth-order valence-electron chi connectivity index (χ4n) is 2.13. The lowest BCUT2D eigenvalue weighted by atomic mass is 9.83. The van der Waals surface area contributed by atoms with Crippen molar-refractivity contribution in [2.75, 3.05) is 14.2 Å². The van der Waals surface area contributed by atoms with E-state index in [9.17, 15) is 14.9 Å². The van der Waals surface area contributed by atoms with Crippen LogP contribution in [0, 0.1) is 22.7 Å². The minimum atomic E-state index is -1.36. The van der Waals surface area contributed by atoms with E-state index in [1.807, 2.05) is 20.8 Å². The van der Waals surface area contributed by atoms with Crippen LogP contribution >= 0.6 is 11.6 Å². The lowest BCUT2D eigenvalue weighted by Crippen LogP contribution is -2.26. The molecule has 0 fully saturated rings. The summed E-state index contributed by atoms with van der Waals surface area (Å²) in [6.07, 6.45) is 0.137. The van der Waals surface area contributed by atoms with Crippen molar-refractivity contribution in [1.29, 1.82) is 5.26 Å². The summed E-state index contributed by atoms with van der Waals surface area (Å²) < 4.78 is 10.2. The van der Waals surface area contributed by atoms with E-state index in [4.69, 9.17) is 21.1 Å². The maximum Gasteiger partial charge on any atom is 0.187 e. The Morgan fingerprint density at radius 2 is 1.87 bits per heavy atom. The molecule has 0 radical (unpaired) electrons. The van der Waals surface area contributed by atoms with Gasteiger partial charge in [-0.15, -0.1) is 0 Å². The zero-order valence-corrected chi connectivity index (χ0v) is 14.7. The lowest BCUT2D eigenvalue weighted by Gasteiger charge is -2.18. The van der Waals surface area contributed by atoms with Gasteiger partial charge in [-0.2, -0.15) is 5.26 Å². The van der Waals surface area contributed by atoms with E-state index in [1.54, 1.807) is 6.07 Å². The fourth-order valence-corrected chi connectivity index (χ4v) is 2.42. The smallest absolute Gasteiger partial charge is 0.187 e. The number of carbonyl (C=O) groups is 2. The number of methoxy groups -OCH3 is 2. The number of ether oxygens (including phenoxy) is 2. The summed E-state index contributed by atoms with van der Waals surface area (Å²) in [4.78, 5) is 24.8. The van der Waals surface area contributed by atoms with Crippen molar-refractivity contribution in [1.82, 2.24) is 0 Å². The highest BCUT2D eigenvalue weighted by Gasteiger charge is 2.31. The van der Waals surface area contributed by atoms with E-state index in [0.717, 1.165) is 0 Å². The molecule has 0 heterocycles. The molecule has 1 rings (SSSR count). The van der Waals surface area contributed by atoms with Crippen LogP contribution in [-0.4, -0.2) is 25.8 Å². The Hall–Kier alpha value is -2.06. The molecule has 6 heteroatoms. The maximum absolute atomic E-state index is 12.5. The molecule has 1 unspecified atom stereocenters. The normalized spacial score (nSPS) is 12.2. The number of hydrogen-bond acceptors (Lipinski definition) is 5. The first-order valence-electron chi connectivity index (χ1n) is 7.02. The molecular formula is C17H20ClNO4. The second-order valence-electron chi connectivity index (χ2n) is 6.32. The Bertz CT molecular complexity index is 656. The Morgan fingerprint density at radius 3 is 2.30 bits per heavy atom. The zero-order chi connectivity index (χ0) is 17.8. The summed E-state index contributed by atoms with van der Waals surface area (Å²) in [6, 6.07) is 4.59. The lowest BCUT2D eigenvalue weighted by molar-refractivity contribution is -0.121. The van der Waals surface area contributed by atoms with Gasteiger partial charge < -0.3 is 9.47 Å². The minimum Gasteiger partial charge on any atom is -0.493 e. The molecule has 0 spiro atoms. The number of benzene rings is 1. The molecule has 0 bridgehead atoms. The Kier molecular flexibility index (Phi) is 6.17. The van der Waals surface area contributed by atoms with E-state index in [1.165, 1.54) is 26.4 Å². The van der Waals surface area contributed by atoms with Crippen LogP contribution in [0.4, 0.5) is 0 Å². The van der Waals surface area contributed by atoms with Crippen LogP contribution in [0.3, 0.4) is 0 Å². The van der Waals surface area contributed by atoms with Gasteiger partial charge in [-0.1, -0.05) is 32.4 Å². The molecule has 23 heavy (non-hydrogen) atoms. The Balaban J connectivity index is 3.19. The number of Topliss-reactive ketones (excluding diaryl/α,β-unsaturated/α-hetero) is 2. The van der Waals surface area contributed by atoms with Crippen molar-refractivity contribution in [3.05, 3.63) is 22.7 Å². The average Bonchev–Trinajstić information content (AvgIpc) is 2.44. The van der Waals surface area contributed by atoms with Crippen molar-refractivity contribution in [3.63, 3.8) is 0 Å². The largest absolute Gasteiger partial charge is 0.493 e. The number of hydrogen-bond donors (Lipinski definition) is 0. The van der Waals surface area contributed by atoms with E-state index in [0.29, 0.717) is 5.75 Å². The average molecular weight is 338 g/mol. The van der Waals surface area contributed by atoms with Crippen LogP contribution in [0.5, 0.6) is 11.5 Å². The molecule has 1 aromatic rings. The summed E-state index contributed by atoms with van der Waals surface area (Å²) in [5.41, 5.74) is -0.164. The highest BCUT2D eigenvalue weighted by Crippen LogP contribution is 2.36. The quantitative estimate of drug-likeness (QED) is 0.584. The third-order valence-corrected chi connectivity index (χ3v) is 3.42. The molecule has 0 aliphatic carbocycles. The van der Waals surface area contributed by atoms with Crippen molar-refractivity contribution in [3.8, 4) is 17.6 Å². The van der Waals surface area contributed by atoms with Gasteiger partial charge in [-0.25, -0.2) is 0 Å². The molecule has 0 aliphatic rings. The first-order chi connectivity index (χ1) is 10.6. The first kappa shape index (κ1) is 19.0. The highest BCUT2D eigenvalue weighted by molar-refractivity contribution is 6.33. The zero-order valence-electron chi connectivity index (χ0n) is 13.9. The van der Waals surface area contributed by atoms with Gasteiger partial charge in [-0.3, -0.25) is 9.59 Å². The summed E-state index contributed by atoms with van der Waals surface area (Å²) >= 11 is 6.07. The van der Waals surface area contributed by atoms with Crippen molar-refractivity contribution in [2.24, 2.45) is 11.3 Å². The number of nitrogens with zero attached hydrogens (tertiary/aromatic N) is 1. The number of rotatable bonds is 6. The van der Waals surface area contributed by atoms with Gasteiger partial charge in [0.05, 0.1) is 25.3 Å². The molecule has 0 aromatic heterocycles. The van der Waals surface area contributed by atoms with E-state index in [2.05, 4.69) is 0 Å². The monoisotopic (exact) mass is 337 g/mol. The molecule has 0 N–H and O–H groups in total. The second-order valence-corrected chi connectivity index (χ2v) is 6.73. The second kappa shape index (κ2) is 7.47. The first-order valence-corrected chi connectivity index (χ1v) is 7.40. The SMILES string of the molecule is COc1cc(C(=O)C(C#N)C(=O)CC(C)(C)C)cc(Cl)c1OC. The van der Waals surface area contributed by atoms with Crippen LogP contribution in [-0.2, 0) is 4.79 Å². The van der Waals surface area contributed by atoms with E-state index < -0.39 is 17.5 Å². The minimum absolute atomic E-state index is 0.137. The molecule has 0 saturated carbocycles. The molecule has 1 aromatic carbocycles. The number of carbonyl (C=O) groups excluding carboxylic acids is 2. The summed E-state index contributed by atoms with van der Waals surface area (Å²) in [5, 5.41) is 9.42. The third-order valence-electron chi connectivity index (χ3n) is 3.14. The van der Waals surface area contributed by atoms with Gasteiger partial charge >= 0.3 is 0 Å². The highest BCUT2D eigenvalue weighted by atomic mass is 35.5. The van der Waals surface area contributed by atoms with E-state index >= 15 is 0 Å². The van der Waals surface area contributed by atoms with Gasteiger partial charge in [0.1, 0.15) is 0 Å².